The highest BCUT2D eigenvalue weighted by molar-refractivity contribution is 5.59. The molecule has 1 saturated heterocycles. The molecular formula is C16H26N4O. The van der Waals surface area contributed by atoms with Gasteiger partial charge in [-0.25, -0.2) is 9.97 Å². The Morgan fingerprint density at radius 3 is 2.86 bits per heavy atom. The van der Waals surface area contributed by atoms with Crippen LogP contribution in [0.3, 0.4) is 0 Å². The van der Waals surface area contributed by atoms with Crippen LogP contribution < -0.4 is 10.2 Å². The van der Waals surface area contributed by atoms with Gasteiger partial charge >= 0.3 is 0 Å². The summed E-state index contributed by atoms with van der Waals surface area (Å²) in [7, 11) is 0. The van der Waals surface area contributed by atoms with Crippen molar-refractivity contribution in [3.63, 3.8) is 0 Å². The van der Waals surface area contributed by atoms with E-state index in [4.69, 9.17) is 14.7 Å². The number of anilines is 2. The molecule has 0 radical (unpaired) electrons. The van der Waals surface area contributed by atoms with Crippen LogP contribution >= 0.6 is 0 Å². The van der Waals surface area contributed by atoms with E-state index in [2.05, 4.69) is 24.1 Å². The number of hydrogen-bond acceptors (Lipinski definition) is 5. The summed E-state index contributed by atoms with van der Waals surface area (Å²) >= 11 is 0. The predicted molar refractivity (Wildman–Crippen MR) is 85.2 cm³/mol. The van der Waals surface area contributed by atoms with Gasteiger partial charge in [0.1, 0.15) is 17.5 Å². The molecule has 1 saturated carbocycles. The molecule has 0 aromatic carbocycles. The average Bonchev–Trinajstić information content (AvgIpc) is 3.32. The molecule has 2 fully saturated rings. The number of nitrogens with one attached hydrogen (secondary N) is 1. The van der Waals surface area contributed by atoms with Crippen LogP contribution in [-0.2, 0) is 4.74 Å². The van der Waals surface area contributed by atoms with E-state index in [0.717, 1.165) is 63.1 Å². The number of ether oxygens (including phenoxy) is 1. The number of rotatable bonds is 5. The summed E-state index contributed by atoms with van der Waals surface area (Å²) < 4.78 is 5.57. The minimum absolute atomic E-state index is 0.578. The molecule has 0 spiro atoms. The topological polar surface area (TPSA) is 50.3 Å². The van der Waals surface area contributed by atoms with Gasteiger partial charge in [0.25, 0.3) is 0 Å². The molecule has 1 aliphatic carbocycles. The largest absolute Gasteiger partial charge is 0.380 e. The first-order chi connectivity index (χ1) is 10.3. The van der Waals surface area contributed by atoms with Crippen LogP contribution in [0.1, 0.15) is 49.9 Å². The van der Waals surface area contributed by atoms with Gasteiger partial charge in [-0.2, -0.15) is 0 Å². The minimum atomic E-state index is 0.578. The van der Waals surface area contributed by atoms with Crippen LogP contribution in [0.2, 0.25) is 0 Å². The number of aromatic nitrogens is 2. The molecule has 0 unspecified atom stereocenters. The van der Waals surface area contributed by atoms with Crippen LogP contribution in [0.25, 0.3) is 0 Å². The van der Waals surface area contributed by atoms with Crippen LogP contribution in [0.15, 0.2) is 0 Å². The third-order valence-corrected chi connectivity index (χ3v) is 4.14. The maximum Gasteiger partial charge on any atom is 0.137 e. The Morgan fingerprint density at radius 2 is 2.10 bits per heavy atom. The number of hydrogen-bond donors (Lipinski definition) is 1. The molecule has 116 valence electrons. The summed E-state index contributed by atoms with van der Waals surface area (Å²) in [5.74, 6) is 3.74. The summed E-state index contributed by atoms with van der Waals surface area (Å²) in [4.78, 5) is 12.0. The van der Waals surface area contributed by atoms with Crippen LogP contribution in [-0.4, -0.2) is 42.8 Å². The predicted octanol–water partition coefficient (Wildman–Crippen LogP) is 2.71. The highest BCUT2D eigenvalue weighted by atomic mass is 16.5. The minimum Gasteiger partial charge on any atom is -0.380 e. The first-order valence-corrected chi connectivity index (χ1v) is 8.24. The van der Waals surface area contributed by atoms with E-state index in [9.17, 15) is 0 Å². The van der Waals surface area contributed by atoms with Gasteiger partial charge in [0.2, 0.25) is 0 Å². The van der Waals surface area contributed by atoms with Gasteiger partial charge in [-0.05, 0) is 32.6 Å². The smallest absolute Gasteiger partial charge is 0.137 e. The second-order valence-corrected chi connectivity index (χ2v) is 6.03. The van der Waals surface area contributed by atoms with Crippen molar-refractivity contribution in [3.8, 4) is 0 Å². The van der Waals surface area contributed by atoms with Crippen molar-refractivity contribution in [1.82, 2.24) is 9.97 Å². The quantitative estimate of drug-likeness (QED) is 0.903. The zero-order valence-electron chi connectivity index (χ0n) is 13.2. The SMILES string of the molecule is CCCNc1nc(C2CC2)nc(N2CCCOCC2)c1C. The Bertz CT molecular complexity index is 479. The standard InChI is InChI=1S/C16H26N4O/c1-3-7-17-14-12(2)16(19-15(18-14)13-5-6-13)20-8-4-10-21-11-9-20/h13H,3-11H2,1-2H3,(H,17,18,19). The lowest BCUT2D eigenvalue weighted by Crippen LogP contribution is -2.28. The van der Waals surface area contributed by atoms with E-state index in [1.54, 1.807) is 0 Å². The fourth-order valence-corrected chi connectivity index (χ4v) is 2.73. The van der Waals surface area contributed by atoms with Gasteiger partial charge in [-0.3, -0.25) is 0 Å². The van der Waals surface area contributed by atoms with E-state index in [1.165, 1.54) is 18.4 Å². The summed E-state index contributed by atoms with van der Waals surface area (Å²) in [6, 6.07) is 0. The van der Waals surface area contributed by atoms with Gasteiger partial charge in [-0.1, -0.05) is 6.92 Å². The van der Waals surface area contributed by atoms with Gasteiger partial charge in [0.05, 0.1) is 6.61 Å². The molecule has 0 atom stereocenters. The zero-order chi connectivity index (χ0) is 14.7. The van der Waals surface area contributed by atoms with Crippen molar-refractivity contribution in [2.24, 2.45) is 0 Å². The summed E-state index contributed by atoms with van der Waals surface area (Å²) in [5.41, 5.74) is 1.18. The van der Waals surface area contributed by atoms with E-state index < -0.39 is 0 Å². The Labute approximate surface area is 127 Å². The molecule has 1 aromatic rings. The van der Waals surface area contributed by atoms with E-state index >= 15 is 0 Å². The maximum atomic E-state index is 5.57. The van der Waals surface area contributed by atoms with Gasteiger partial charge in [0.15, 0.2) is 0 Å². The van der Waals surface area contributed by atoms with Crippen LogP contribution in [0, 0.1) is 6.92 Å². The summed E-state index contributed by atoms with van der Waals surface area (Å²) in [6.45, 7) is 8.87. The highest BCUT2D eigenvalue weighted by Crippen LogP contribution is 2.40. The molecule has 21 heavy (non-hydrogen) atoms. The van der Waals surface area contributed by atoms with Gasteiger partial charge in [0, 0.05) is 37.7 Å². The fourth-order valence-electron chi connectivity index (χ4n) is 2.73. The molecule has 1 aromatic heterocycles. The molecule has 3 rings (SSSR count). The van der Waals surface area contributed by atoms with Gasteiger partial charge in [-0.15, -0.1) is 0 Å². The maximum absolute atomic E-state index is 5.57. The monoisotopic (exact) mass is 290 g/mol. The average molecular weight is 290 g/mol. The first-order valence-electron chi connectivity index (χ1n) is 8.24. The Balaban J connectivity index is 1.90. The van der Waals surface area contributed by atoms with E-state index in [0.29, 0.717) is 5.92 Å². The second kappa shape index (κ2) is 6.60. The molecule has 1 aliphatic heterocycles. The Kier molecular flexibility index (Phi) is 4.58. The number of nitrogens with zero attached hydrogens (tertiary/aromatic N) is 3. The molecular weight excluding hydrogens is 264 g/mol. The van der Waals surface area contributed by atoms with Crippen molar-refractivity contribution in [3.05, 3.63) is 11.4 Å². The Morgan fingerprint density at radius 1 is 1.24 bits per heavy atom. The normalized spacial score (nSPS) is 19.4. The third-order valence-electron chi connectivity index (χ3n) is 4.14. The molecule has 5 heteroatoms. The lowest BCUT2D eigenvalue weighted by atomic mass is 10.2. The highest BCUT2D eigenvalue weighted by Gasteiger charge is 2.29. The van der Waals surface area contributed by atoms with Crippen molar-refractivity contribution in [2.75, 3.05) is 43.1 Å². The summed E-state index contributed by atoms with van der Waals surface area (Å²) in [6.07, 6.45) is 4.65. The van der Waals surface area contributed by atoms with Crippen molar-refractivity contribution >= 4 is 11.6 Å². The molecule has 1 N–H and O–H groups in total. The van der Waals surface area contributed by atoms with E-state index in [-0.39, 0.29) is 0 Å². The Hall–Kier alpha value is -1.36. The van der Waals surface area contributed by atoms with Crippen molar-refractivity contribution in [1.29, 1.82) is 0 Å². The van der Waals surface area contributed by atoms with Crippen LogP contribution in [0.4, 0.5) is 11.6 Å². The van der Waals surface area contributed by atoms with Crippen molar-refractivity contribution < 1.29 is 4.74 Å². The van der Waals surface area contributed by atoms with Crippen molar-refractivity contribution in [2.45, 2.75) is 45.4 Å². The summed E-state index contributed by atoms with van der Waals surface area (Å²) in [5, 5.41) is 3.47. The second-order valence-electron chi connectivity index (χ2n) is 6.03. The molecule has 5 nitrogen and oxygen atoms in total. The zero-order valence-corrected chi connectivity index (χ0v) is 13.2. The lowest BCUT2D eigenvalue weighted by Gasteiger charge is -2.24. The fraction of sp³-hybridized carbons (Fsp3) is 0.750. The molecule has 0 bridgehead atoms. The van der Waals surface area contributed by atoms with E-state index in [1.807, 2.05) is 0 Å². The van der Waals surface area contributed by atoms with Crippen LogP contribution in [0.5, 0.6) is 0 Å². The molecule has 0 amide bonds. The van der Waals surface area contributed by atoms with Gasteiger partial charge < -0.3 is 15.0 Å². The first kappa shape index (κ1) is 14.6. The third kappa shape index (κ3) is 3.46. The lowest BCUT2D eigenvalue weighted by molar-refractivity contribution is 0.152. The molecule has 2 heterocycles. The molecule has 2 aliphatic rings.